The van der Waals surface area contributed by atoms with Gasteiger partial charge in [-0.1, -0.05) is 44.2 Å². The molecule has 0 saturated heterocycles. The number of fused-ring (bicyclic) bond motifs is 1. The number of hydrogen-bond acceptors (Lipinski definition) is 5. The molecule has 0 spiro atoms. The van der Waals surface area contributed by atoms with Crippen molar-refractivity contribution < 1.29 is 19.0 Å². The molecule has 1 unspecified atom stereocenters. The molecule has 7 heteroatoms. The first kappa shape index (κ1) is 28.0. The highest BCUT2D eigenvalue weighted by Gasteiger charge is 2.19. The predicted octanol–water partition coefficient (Wildman–Crippen LogP) is 6.46. The van der Waals surface area contributed by atoms with E-state index < -0.39 is 0 Å². The van der Waals surface area contributed by atoms with Gasteiger partial charge in [-0.3, -0.25) is 4.79 Å². The fourth-order valence-corrected chi connectivity index (χ4v) is 4.70. The molecule has 0 aliphatic rings. The Kier molecular flexibility index (Phi) is 9.47. The molecule has 0 radical (unpaired) electrons. The Balaban J connectivity index is 1.37. The average molecular weight is 530 g/mol. The second kappa shape index (κ2) is 13.2. The minimum Gasteiger partial charge on any atom is -0.494 e. The lowest BCUT2D eigenvalue weighted by molar-refractivity contribution is -0.121. The Morgan fingerprint density at radius 1 is 0.923 bits per heavy atom. The van der Waals surface area contributed by atoms with Gasteiger partial charge in [0.15, 0.2) is 11.5 Å². The number of imidazole rings is 1. The summed E-state index contributed by atoms with van der Waals surface area (Å²) in [4.78, 5) is 17.8. The Morgan fingerprint density at radius 3 is 2.38 bits per heavy atom. The molecule has 1 N–H and O–H groups in total. The van der Waals surface area contributed by atoms with Gasteiger partial charge >= 0.3 is 0 Å². The van der Waals surface area contributed by atoms with E-state index >= 15 is 0 Å². The van der Waals surface area contributed by atoms with Crippen LogP contribution in [-0.2, 0) is 17.8 Å². The first-order chi connectivity index (χ1) is 18.9. The summed E-state index contributed by atoms with van der Waals surface area (Å²) in [5.41, 5.74) is 4.16. The number of carbonyl (C=O) groups is 1. The van der Waals surface area contributed by atoms with Crippen LogP contribution in [0.1, 0.15) is 62.5 Å². The molecule has 1 atom stereocenters. The van der Waals surface area contributed by atoms with Gasteiger partial charge in [-0.05, 0) is 73.2 Å². The lowest BCUT2D eigenvalue weighted by atomic mass is 10.0. The van der Waals surface area contributed by atoms with Gasteiger partial charge in [-0.15, -0.1) is 0 Å². The van der Waals surface area contributed by atoms with Crippen LogP contribution in [0.5, 0.6) is 17.2 Å². The minimum absolute atomic E-state index is 0.0785. The van der Waals surface area contributed by atoms with Gasteiger partial charge in [0.25, 0.3) is 0 Å². The molecule has 0 saturated carbocycles. The van der Waals surface area contributed by atoms with Crippen LogP contribution in [0.4, 0.5) is 0 Å². The maximum Gasteiger partial charge on any atom is 0.224 e. The van der Waals surface area contributed by atoms with Gasteiger partial charge in [-0.2, -0.15) is 0 Å². The summed E-state index contributed by atoms with van der Waals surface area (Å²) in [5.74, 6) is 3.43. The molecule has 1 amide bonds. The highest BCUT2D eigenvalue weighted by molar-refractivity contribution is 5.80. The molecule has 0 bridgehead atoms. The molecule has 4 aromatic rings. The molecule has 7 nitrogen and oxygen atoms in total. The van der Waals surface area contributed by atoms with E-state index in [4.69, 9.17) is 19.2 Å². The van der Waals surface area contributed by atoms with E-state index in [-0.39, 0.29) is 18.4 Å². The standard InChI is InChI=1S/C32H39N3O4/c1-22(2)25-13-15-26(16-14-25)39-19-9-8-18-35-28-11-7-6-10-27(28)34-32(35)23(3)33-31(36)21-24-12-17-29(37-4)30(20-24)38-5/h6-7,10-17,20,22-23H,8-9,18-19,21H2,1-5H3,(H,33,36). The lowest BCUT2D eigenvalue weighted by Gasteiger charge is -2.17. The molecular weight excluding hydrogens is 490 g/mol. The van der Waals surface area contributed by atoms with Crippen molar-refractivity contribution >= 4 is 16.9 Å². The third-order valence-electron chi connectivity index (χ3n) is 6.85. The molecular formula is C32H39N3O4. The third kappa shape index (κ3) is 7.11. The van der Waals surface area contributed by atoms with Gasteiger partial charge in [0.05, 0.1) is 44.3 Å². The number of hydrogen-bond donors (Lipinski definition) is 1. The number of unbranched alkanes of at least 4 members (excludes halogenated alkanes) is 1. The van der Waals surface area contributed by atoms with Crippen molar-refractivity contribution in [2.24, 2.45) is 0 Å². The number of nitrogens with one attached hydrogen (secondary N) is 1. The van der Waals surface area contributed by atoms with Crippen molar-refractivity contribution in [1.29, 1.82) is 0 Å². The summed E-state index contributed by atoms with van der Waals surface area (Å²) < 4.78 is 18.9. The van der Waals surface area contributed by atoms with Crippen LogP contribution in [0.25, 0.3) is 11.0 Å². The van der Waals surface area contributed by atoms with Crippen molar-refractivity contribution in [2.75, 3.05) is 20.8 Å². The molecule has 39 heavy (non-hydrogen) atoms. The smallest absolute Gasteiger partial charge is 0.224 e. The zero-order valence-electron chi connectivity index (χ0n) is 23.6. The first-order valence-corrected chi connectivity index (χ1v) is 13.6. The first-order valence-electron chi connectivity index (χ1n) is 13.6. The fraction of sp³-hybridized carbons (Fsp3) is 0.375. The molecule has 1 heterocycles. The Labute approximate surface area is 231 Å². The molecule has 3 aromatic carbocycles. The van der Waals surface area contributed by atoms with Crippen LogP contribution in [0.3, 0.4) is 0 Å². The van der Waals surface area contributed by atoms with Crippen molar-refractivity contribution in [2.45, 2.75) is 58.5 Å². The number of ether oxygens (including phenoxy) is 3. The molecule has 206 valence electrons. The van der Waals surface area contributed by atoms with Crippen LogP contribution in [0.15, 0.2) is 66.7 Å². The third-order valence-corrected chi connectivity index (χ3v) is 6.85. The Hall–Kier alpha value is -4.00. The number of nitrogens with zero attached hydrogens (tertiary/aromatic N) is 2. The summed E-state index contributed by atoms with van der Waals surface area (Å²) >= 11 is 0. The molecule has 0 fully saturated rings. The SMILES string of the molecule is COc1ccc(CC(=O)NC(C)c2nc3ccccc3n2CCCCOc2ccc(C(C)C)cc2)cc1OC. The van der Waals surface area contributed by atoms with Gasteiger partial charge in [0.2, 0.25) is 5.91 Å². The molecule has 0 aliphatic heterocycles. The van der Waals surface area contributed by atoms with Crippen molar-refractivity contribution in [3.8, 4) is 17.2 Å². The largest absolute Gasteiger partial charge is 0.494 e. The van der Waals surface area contributed by atoms with E-state index in [1.165, 1.54) is 5.56 Å². The number of rotatable bonds is 13. The zero-order chi connectivity index (χ0) is 27.8. The predicted molar refractivity (Wildman–Crippen MR) is 155 cm³/mol. The second-order valence-electron chi connectivity index (χ2n) is 10.0. The second-order valence-corrected chi connectivity index (χ2v) is 10.0. The summed E-state index contributed by atoms with van der Waals surface area (Å²) in [6.45, 7) is 7.80. The Morgan fingerprint density at radius 2 is 1.67 bits per heavy atom. The van der Waals surface area contributed by atoms with Gasteiger partial charge in [0.1, 0.15) is 11.6 Å². The van der Waals surface area contributed by atoms with Crippen molar-refractivity contribution in [3.05, 3.63) is 83.7 Å². The number of amides is 1. The summed E-state index contributed by atoms with van der Waals surface area (Å²) in [6, 6.07) is 21.7. The van der Waals surface area contributed by atoms with E-state index in [1.807, 2.05) is 55.5 Å². The van der Waals surface area contributed by atoms with E-state index in [1.54, 1.807) is 14.2 Å². The summed E-state index contributed by atoms with van der Waals surface area (Å²) in [7, 11) is 3.18. The number of aryl methyl sites for hydroxylation is 1. The molecule has 0 aliphatic carbocycles. The number of aromatic nitrogens is 2. The van der Waals surface area contributed by atoms with Gasteiger partial charge in [-0.25, -0.2) is 4.98 Å². The quantitative estimate of drug-likeness (QED) is 0.201. The molecule has 1 aromatic heterocycles. The normalized spacial score (nSPS) is 11.9. The number of para-hydroxylation sites is 2. The maximum absolute atomic E-state index is 12.9. The molecule has 4 rings (SSSR count). The van der Waals surface area contributed by atoms with Crippen LogP contribution < -0.4 is 19.5 Å². The van der Waals surface area contributed by atoms with Crippen molar-refractivity contribution in [3.63, 3.8) is 0 Å². The monoisotopic (exact) mass is 529 g/mol. The van der Waals surface area contributed by atoms with E-state index in [2.05, 4.69) is 41.9 Å². The van der Waals surface area contributed by atoms with E-state index in [0.717, 1.165) is 47.6 Å². The number of carbonyl (C=O) groups excluding carboxylic acids is 1. The average Bonchev–Trinajstić information content (AvgIpc) is 3.31. The highest BCUT2D eigenvalue weighted by Crippen LogP contribution is 2.28. The van der Waals surface area contributed by atoms with E-state index in [0.29, 0.717) is 24.0 Å². The van der Waals surface area contributed by atoms with Crippen LogP contribution in [-0.4, -0.2) is 36.3 Å². The van der Waals surface area contributed by atoms with Crippen LogP contribution >= 0.6 is 0 Å². The van der Waals surface area contributed by atoms with E-state index in [9.17, 15) is 4.79 Å². The highest BCUT2D eigenvalue weighted by atomic mass is 16.5. The van der Waals surface area contributed by atoms with Crippen LogP contribution in [0.2, 0.25) is 0 Å². The topological polar surface area (TPSA) is 74.6 Å². The van der Waals surface area contributed by atoms with Gasteiger partial charge in [0, 0.05) is 6.54 Å². The minimum atomic E-state index is -0.249. The number of benzene rings is 3. The fourth-order valence-electron chi connectivity index (χ4n) is 4.70. The lowest BCUT2D eigenvalue weighted by Crippen LogP contribution is -2.30. The number of methoxy groups -OCH3 is 2. The van der Waals surface area contributed by atoms with Crippen LogP contribution in [0, 0.1) is 0 Å². The summed E-state index contributed by atoms with van der Waals surface area (Å²) in [5, 5.41) is 3.13. The van der Waals surface area contributed by atoms with Crippen molar-refractivity contribution in [1.82, 2.24) is 14.9 Å². The maximum atomic E-state index is 12.9. The zero-order valence-corrected chi connectivity index (χ0v) is 23.6. The van der Waals surface area contributed by atoms with Gasteiger partial charge < -0.3 is 24.1 Å². The Bertz CT molecular complexity index is 1380. The summed E-state index contributed by atoms with van der Waals surface area (Å²) in [6.07, 6.45) is 2.09.